The van der Waals surface area contributed by atoms with Crippen LogP contribution in [-0.2, 0) is 60.3 Å². The molecule has 0 aliphatic heterocycles. The van der Waals surface area contributed by atoms with Gasteiger partial charge in [-0.1, -0.05) is 152 Å². The molecule has 6 aromatic heterocycles. The van der Waals surface area contributed by atoms with E-state index < -0.39 is 13.7 Å². The first kappa shape index (κ1) is 63.6. The predicted octanol–water partition coefficient (Wildman–Crippen LogP) is 20.9. The van der Waals surface area contributed by atoms with Crippen LogP contribution in [0.4, 0.5) is 0 Å². The number of aryl methyl sites for hydroxylation is 2. The van der Waals surface area contributed by atoms with Crippen molar-refractivity contribution in [3.63, 3.8) is 0 Å². The van der Waals surface area contributed by atoms with Crippen LogP contribution in [0, 0.1) is 50.1 Å². The predicted molar refractivity (Wildman–Crippen MR) is 377 cm³/mol. The van der Waals surface area contributed by atoms with Crippen LogP contribution in [0.1, 0.15) is 19.4 Å². The third kappa shape index (κ3) is 23.1. The fourth-order valence-electron chi connectivity index (χ4n) is 9.11. The molecule has 0 spiro atoms. The van der Waals surface area contributed by atoms with Crippen LogP contribution < -0.4 is 0 Å². The molecule has 0 N–H and O–H groups in total. The smallest absolute Gasteiger partial charge is 0.0280 e. The number of pyridine rings is 6. The Morgan fingerprint density at radius 2 is 0.537 bits per heavy atom. The van der Waals surface area contributed by atoms with Gasteiger partial charge in [0.15, 0.2) is 0 Å². The minimum atomic E-state index is -2.09. The van der Waals surface area contributed by atoms with Crippen molar-refractivity contribution >= 4 is 0 Å². The first-order valence-corrected chi connectivity index (χ1v) is 29.6. The molecular weight excluding hydrogens is 1690 g/mol. The number of hydrogen-bond donors (Lipinski definition) is 0. The van der Waals surface area contributed by atoms with Gasteiger partial charge in [0.2, 0.25) is 0 Å². The van der Waals surface area contributed by atoms with E-state index in [1.54, 1.807) is 42.7 Å². The third-order valence-corrected chi connectivity index (χ3v) is 13.7. The van der Waals surface area contributed by atoms with Crippen LogP contribution >= 0.6 is 0 Å². The Labute approximate surface area is 608 Å². The minimum Gasteiger partial charge on any atom is -0.305 e. The van der Waals surface area contributed by atoms with Crippen molar-refractivity contribution in [1.29, 1.82) is 0 Å². The summed E-state index contributed by atoms with van der Waals surface area (Å²) in [5, 5.41) is 0. The van der Waals surface area contributed by atoms with Gasteiger partial charge in [-0.05, 0) is 110 Å². The summed E-state index contributed by atoms with van der Waals surface area (Å²) in [6, 6.07) is 121. The average Bonchev–Trinajstić information content (AvgIpc) is 0.896. The summed E-state index contributed by atoms with van der Waals surface area (Å²) in [6.45, 7) is -4.16. The standard InChI is InChI=1S/3C17H12N.2C12H10N.C11H8N.3Ir/c3*1-3-7-14(8-4-1)16-11-12-18-17(13-16)15-9-5-2-6-10-15;1-10-5-7-11(8-6-10)12-4-2-3-9-13-12;1-10-7-8-12(13-9-10)11-5-3-2-4-6-11;1-2-6-10(7-3-1)11-8-4-5-9-12-11;;;/h3*1-9,11-13H;2-7,9H,1H3;2-5,7-9H,1H3;1-6,8-9H;;;/q6*-1;;;/i;;;2*1D3;;;;. The zero-order chi connectivity index (χ0) is 68.0. The molecule has 6 nitrogen and oxygen atoms in total. The van der Waals surface area contributed by atoms with E-state index in [4.69, 9.17) is 8.22 Å². The van der Waals surface area contributed by atoms with E-state index in [1.807, 2.05) is 243 Å². The molecule has 15 aromatic rings. The van der Waals surface area contributed by atoms with Gasteiger partial charge in [-0.2, -0.15) is 0 Å². The van der Waals surface area contributed by atoms with Crippen molar-refractivity contribution < 1.29 is 68.5 Å². The van der Waals surface area contributed by atoms with Gasteiger partial charge in [-0.25, -0.2) is 0 Å². The van der Waals surface area contributed by atoms with E-state index in [1.165, 1.54) is 45.6 Å². The molecule has 95 heavy (non-hydrogen) atoms. The number of nitrogens with zero attached hydrogens (tertiary/aromatic N) is 6. The van der Waals surface area contributed by atoms with Crippen LogP contribution in [0.15, 0.2) is 353 Å². The van der Waals surface area contributed by atoms with Gasteiger partial charge in [0.25, 0.3) is 0 Å². The van der Waals surface area contributed by atoms with Crippen molar-refractivity contribution in [1.82, 2.24) is 29.9 Å². The zero-order valence-electron chi connectivity index (χ0n) is 57.2. The summed E-state index contributed by atoms with van der Waals surface area (Å²) in [4.78, 5) is 25.7. The molecule has 471 valence electrons. The van der Waals surface area contributed by atoms with E-state index in [9.17, 15) is 0 Å². The topological polar surface area (TPSA) is 77.3 Å². The first-order valence-electron chi connectivity index (χ1n) is 32.6. The molecule has 0 fully saturated rings. The van der Waals surface area contributed by atoms with Gasteiger partial charge in [0.05, 0.1) is 0 Å². The maximum atomic E-state index is 7.25. The molecule has 0 unspecified atom stereocenters. The second kappa shape index (κ2) is 40.1. The fourth-order valence-corrected chi connectivity index (χ4v) is 9.11. The van der Waals surface area contributed by atoms with E-state index in [0.717, 1.165) is 67.5 Å². The van der Waals surface area contributed by atoms with Gasteiger partial charge in [-0.3, -0.25) is 0 Å². The summed E-state index contributed by atoms with van der Waals surface area (Å²) in [6.07, 6.45) is 10.4. The fraction of sp³-hybridized carbons (Fsp3) is 0.0233. The van der Waals surface area contributed by atoms with Gasteiger partial charge in [0.1, 0.15) is 0 Å². The molecule has 0 aliphatic rings. The largest absolute Gasteiger partial charge is 0.305 e. The van der Waals surface area contributed by atoms with Crippen molar-refractivity contribution in [2.24, 2.45) is 0 Å². The van der Waals surface area contributed by atoms with Gasteiger partial charge < -0.3 is 29.9 Å². The molecule has 0 bridgehead atoms. The van der Waals surface area contributed by atoms with E-state index in [2.05, 4.69) is 121 Å². The molecular formula is C86H64Ir3N6-6. The Hall–Kier alpha value is -10.2. The maximum Gasteiger partial charge on any atom is 0.0280 e. The Bertz CT molecular complexity index is 4180. The van der Waals surface area contributed by atoms with E-state index in [-0.39, 0.29) is 65.9 Å². The zero-order valence-corrected chi connectivity index (χ0v) is 58.4. The van der Waals surface area contributed by atoms with Crippen LogP contribution in [-0.4, -0.2) is 29.9 Å². The van der Waals surface area contributed by atoms with Crippen molar-refractivity contribution in [3.8, 4) is 101 Å². The van der Waals surface area contributed by atoms with E-state index in [0.29, 0.717) is 5.56 Å². The molecule has 9 heteroatoms. The maximum absolute atomic E-state index is 7.25. The van der Waals surface area contributed by atoms with Gasteiger partial charge in [0, 0.05) is 106 Å². The molecule has 0 amide bonds. The molecule has 15 rings (SSSR count). The van der Waals surface area contributed by atoms with Crippen molar-refractivity contribution in [2.75, 3.05) is 0 Å². The van der Waals surface area contributed by atoms with Crippen LogP contribution in [0.2, 0.25) is 0 Å². The third-order valence-electron chi connectivity index (χ3n) is 13.7. The quantitative estimate of drug-likeness (QED) is 0.134. The molecule has 0 saturated carbocycles. The van der Waals surface area contributed by atoms with Crippen LogP contribution in [0.25, 0.3) is 101 Å². The molecule has 0 saturated heterocycles. The van der Waals surface area contributed by atoms with E-state index >= 15 is 0 Å². The summed E-state index contributed by atoms with van der Waals surface area (Å²) in [5.74, 6) is 0. The first-order chi connectivity index (χ1) is 47.9. The number of hydrogen-bond acceptors (Lipinski definition) is 6. The monoisotopic (exact) mass is 1770 g/mol. The summed E-state index contributed by atoms with van der Waals surface area (Å²) < 4.78 is 43.4. The number of rotatable bonds is 9. The molecule has 0 aliphatic carbocycles. The number of benzene rings is 9. The number of aromatic nitrogens is 6. The SMILES string of the molecule is [2H]C([2H])([2H])c1c[c-]c(-c2ccccn2)cc1.[2H]C([2H])([2H])c1ccc(-c2[c-]cccc2)nc1.[Ir].[Ir].[Ir].[c-]1ccccc1-c1cc(-c2ccccc2)ccn1.[c-]1ccccc1-c1cc(-c2ccccc2)ccn1.[c-]1ccccc1-c1cc(-c2ccccc2)ccn1.[c-]1ccccc1-c1ccccn1. The molecule has 0 atom stereocenters. The van der Waals surface area contributed by atoms with Gasteiger partial charge in [-0.15, -0.1) is 215 Å². The molecule has 3 radical (unpaired) electrons. The second-order valence-corrected chi connectivity index (χ2v) is 20.1. The average molecular weight is 1760 g/mol. The summed E-state index contributed by atoms with van der Waals surface area (Å²) in [7, 11) is 0. The summed E-state index contributed by atoms with van der Waals surface area (Å²) in [5.41, 5.74) is 18.8. The van der Waals surface area contributed by atoms with Crippen LogP contribution in [0.5, 0.6) is 0 Å². The Balaban J connectivity index is 0.000000170. The Kier molecular flexibility index (Phi) is 26.8. The second-order valence-electron chi connectivity index (χ2n) is 20.1. The van der Waals surface area contributed by atoms with Crippen molar-refractivity contribution in [3.05, 3.63) is 400 Å². The van der Waals surface area contributed by atoms with Gasteiger partial charge >= 0.3 is 0 Å². The Morgan fingerprint density at radius 1 is 0.232 bits per heavy atom. The molecule has 6 heterocycles. The normalized spacial score (nSPS) is 10.9. The summed E-state index contributed by atoms with van der Waals surface area (Å²) >= 11 is 0. The van der Waals surface area contributed by atoms with Crippen LogP contribution in [0.3, 0.4) is 0 Å². The minimum absolute atomic E-state index is 0. The molecule has 9 aromatic carbocycles. The Morgan fingerprint density at radius 3 is 0.821 bits per heavy atom. The van der Waals surface area contributed by atoms with Crippen molar-refractivity contribution in [2.45, 2.75) is 13.7 Å².